The number of carbonyl (C=O) groups excluding carboxylic acids is 1. The number of nitrogens with one attached hydrogen (secondary N) is 1. The van der Waals surface area contributed by atoms with Gasteiger partial charge >= 0.3 is 0 Å². The number of benzene rings is 1. The van der Waals surface area contributed by atoms with Crippen LogP contribution in [0.5, 0.6) is 0 Å². The Labute approximate surface area is 119 Å². The summed E-state index contributed by atoms with van der Waals surface area (Å²) >= 11 is 0. The first-order valence-electron chi connectivity index (χ1n) is 6.87. The summed E-state index contributed by atoms with van der Waals surface area (Å²) < 4.78 is 5.33. The minimum absolute atomic E-state index is 0.0330. The van der Waals surface area contributed by atoms with Gasteiger partial charge in [-0.3, -0.25) is 4.79 Å². The Kier molecular flexibility index (Phi) is 5.60. The third-order valence-electron chi connectivity index (χ3n) is 3.11. The molecule has 4 heteroatoms. The van der Waals surface area contributed by atoms with E-state index < -0.39 is 0 Å². The molecule has 1 fully saturated rings. The lowest BCUT2D eigenvalue weighted by Gasteiger charge is -2.10. The first-order chi connectivity index (χ1) is 9.79. The van der Waals surface area contributed by atoms with Crippen LogP contribution < -0.4 is 5.32 Å². The SMILES string of the molecule is O=C(NCc1ccc(C#CCCO)cc1)C1CCCO1. The zero-order valence-corrected chi connectivity index (χ0v) is 11.4. The second kappa shape index (κ2) is 7.68. The van der Waals surface area contributed by atoms with E-state index >= 15 is 0 Å². The van der Waals surface area contributed by atoms with Gasteiger partial charge in [-0.15, -0.1) is 0 Å². The van der Waals surface area contributed by atoms with E-state index in [1.54, 1.807) is 0 Å². The van der Waals surface area contributed by atoms with Crippen LogP contribution in [0.4, 0.5) is 0 Å². The average molecular weight is 273 g/mol. The first-order valence-corrected chi connectivity index (χ1v) is 6.87. The zero-order chi connectivity index (χ0) is 14.2. The van der Waals surface area contributed by atoms with Gasteiger partial charge in [-0.05, 0) is 30.5 Å². The highest BCUT2D eigenvalue weighted by Gasteiger charge is 2.22. The number of carbonyl (C=O) groups is 1. The number of ether oxygens (including phenoxy) is 1. The maximum absolute atomic E-state index is 11.8. The van der Waals surface area contributed by atoms with E-state index in [9.17, 15) is 4.79 Å². The molecule has 1 aromatic rings. The van der Waals surface area contributed by atoms with Crippen molar-refractivity contribution in [1.29, 1.82) is 0 Å². The summed E-state index contributed by atoms with van der Waals surface area (Å²) in [5.41, 5.74) is 1.94. The van der Waals surface area contributed by atoms with Gasteiger partial charge in [0.1, 0.15) is 6.10 Å². The molecule has 106 valence electrons. The Hall–Kier alpha value is -1.83. The van der Waals surface area contributed by atoms with Crippen LogP contribution in [0.15, 0.2) is 24.3 Å². The molecule has 0 radical (unpaired) electrons. The van der Waals surface area contributed by atoms with E-state index in [1.165, 1.54) is 0 Å². The second-order valence-corrected chi connectivity index (χ2v) is 4.69. The molecule has 1 heterocycles. The lowest BCUT2D eigenvalue weighted by Crippen LogP contribution is -2.33. The van der Waals surface area contributed by atoms with Crippen molar-refractivity contribution in [3.05, 3.63) is 35.4 Å². The second-order valence-electron chi connectivity index (χ2n) is 4.69. The van der Waals surface area contributed by atoms with Crippen molar-refractivity contribution in [1.82, 2.24) is 5.32 Å². The number of aliphatic hydroxyl groups excluding tert-OH is 1. The largest absolute Gasteiger partial charge is 0.395 e. The van der Waals surface area contributed by atoms with Crippen LogP contribution in [-0.2, 0) is 16.1 Å². The smallest absolute Gasteiger partial charge is 0.249 e. The third-order valence-corrected chi connectivity index (χ3v) is 3.11. The predicted molar refractivity (Wildman–Crippen MR) is 75.8 cm³/mol. The van der Waals surface area contributed by atoms with Gasteiger partial charge in [0.25, 0.3) is 0 Å². The van der Waals surface area contributed by atoms with Gasteiger partial charge in [-0.1, -0.05) is 24.0 Å². The van der Waals surface area contributed by atoms with Crippen molar-refractivity contribution >= 4 is 5.91 Å². The first kappa shape index (κ1) is 14.6. The molecule has 0 spiro atoms. The van der Waals surface area contributed by atoms with Crippen molar-refractivity contribution in [3.8, 4) is 11.8 Å². The van der Waals surface area contributed by atoms with Crippen LogP contribution in [0.2, 0.25) is 0 Å². The molecule has 20 heavy (non-hydrogen) atoms. The Morgan fingerprint density at radius 1 is 1.40 bits per heavy atom. The fourth-order valence-corrected chi connectivity index (χ4v) is 2.01. The van der Waals surface area contributed by atoms with Crippen LogP contribution >= 0.6 is 0 Å². The molecular weight excluding hydrogens is 254 g/mol. The average Bonchev–Trinajstić information content (AvgIpc) is 3.01. The van der Waals surface area contributed by atoms with Crippen molar-refractivity contribution in [2.45, 2.75) is 31.9 Å². The molecule has 1 aliphatic heterocycles. The van der Waals surface area contributed by atoms with Crippen molar-refractivity contribution in [2.75, 3.05) is 13.2 Å². The zero-order valence-electron chi connectivity index (χ0n) is 11.4. The van der Waals surface area contributed by atoms with Gasteiger partial charge in [0, 0.05) is 25.1 Å². The fraction of sp³-hybridized carbons (Fsp3) is 0.438. The normalized spacial score (nSPS) is 17.4. The van der Waals surface area contributed by atoms with Crippen LogP contribution in [0.1, 0.15) is 30.4 Å². The molecule has 4 nitrogen and oxygen atoms in total. The van der Waals surface area contributed by atoms with E-state index in [4.69, 9.17) is 9.84 Å². The lowest BCUT2D eigenvalue weighted by molar-refractivity contribution is -0.130. The van der Waals surface area contributed by atoms with Gasteiger partial charge in [0.2, 0.25) is 5.91 Å². The van der Waals surface area contributed by atoms with Crippen LogP contribution in [0.3, 0.4) is 0 Å². The Bertz CT molecular complexity index is 493. The topological polar surface area (TPSA) is 58.6 Å². The van der Waals surface area contributed by atoms with Crippen molar-refractivity contribution < 1.29 is 14.6 Å². The maximum Gasteiger partial charge on any atom is 0.249 e. The number of aliphatic hydroxyl groups is 1. The minimum Gasteiger partial charge on any atom is -0.395 e. The van der Waals surface area contributed by atoms with Crippen LogP contribution in [0.25, 0.3) is 0 Å². The van der Waals surface area contributed by atoms with Crippen LogP contribution in [-0.4, -0.2) is 30.3 Å². The quantitative estimate of drug-likeness (QED) is 0.811. The summed E-state index contributed by atoms with van der Waals surface area (Å²) in [6.07, 6.45) is 1.97. The molecule has 1 aliphatic rings. The van der Waals surface area contributed by atoms with Crippen molar-refractivity contribution in [3.63, 3.8) is 0 Å². The highest BCUT2D eigenvalue weighted by Crippen LogP contribution is 2.12. The molecule has 0 aromatic heterocycles. The lowest BCUT2D eigenvalue weighted by atomic mass is 10.1. The minimum atomic E-state index is -0.279. The summed E-state index contributed by atoms with van der Waals surface area (Å²) in [6, 6.07) is 7.72. The fourth-order valence-electron chi connectivity index (χ4n) is 2.01. The van der Waals surface area contributed by atoms with Gasteiger partial charge in [0.15, 0.2) is 0 Å². The molecule has 1 unspecified atom stereocenters. The Morgan fingerprint density at radius 3 is 2.85 bits per heavy atom. The monoisotopic (exact) mass is 273 g/mol. The molecule has 1 amide bonds. The van der Waals surface area contributed by atoms with Crippen molar-refractivity contribution in [2.24, 2.45) is 0 Å². The molecule has 1 atom stereocenters. The molecule has 2 N–H and O–H groups in total. The standard InChI is InChI=1S/C16H19NO3/c18-10-2-1-4-13-6-8-14(9-7-13)12-17-16(19)15-5-3-11-20-15/h6-9,15,18H,2-3,5,10-12H2,(H,17,19). The van der Waals surface area contributed by atoms with Gasteiger partial charge in [-0.2, -0.15) is 0 Å². The maximum atomic E-state index is 11.8. The summed E-state index contributed by atoms with van der Waals surface area (Å²) in [4.78, 5) is 11.8. The van der Waals surface area contributed by atoms with Gasteiger partial charge in [-0.25, -0.2) is 0 Å². The summed E-state index contributed by atoms with van der Waals surface area (Å²) in [7, 11) is 0. The molecule has 1 aromatic carbocycles. The summed E-state index contributed by atoms with van der Waals surface area (Å²) in [5.74, 6) is 5.80. The number of hydrogen-bond donors (Lipinski definition) is 2. The molecule has 0 aliphatic carbocycles. The third kappa shape index (κ3) is 4.37. The van der Waals surface area contributed by atoms with Crippen LogP contribution in [0, 0.1) is 11.8 Å². The molecule has 0 saturated carbocycles. The van der Waals surface area contributed by atoms with E-state index in [0.717, 1.165) is 24.0 Å². The summed E-state index contributed by atoms with van der Waals surface area (Å²) in [6.45, 7) is 1.27. The molecular formula is C16H19NO3. The summed E-state index contributed by atoms with van der Waals surface area (Å²) in [5, 5.41) is 11.5. The molecule has 1 saturated heterocycles. The predicted octanol–water partition coefficient (Wildman–Crippen LogP) is 1.22. The van der Waals surface area contributed by atoms with Gasteiger partial charge < -0.3 is 15.2 Å². The molecule has 2 rings (SSSR count). The number of hydrogen-bond acceptors (Lipinski definition) is 3. The Morgan fingerprint density at radius 2 is 2.20 bits per heavy atom. The number of rotatable bonds is 4. The van der Waals surface area contributed by atoms with E-state index in [2.05, 4.69) is 17.2 Å². The highest BCUT2D eigenvalue weighted by molar-refractivity contribution is 5.80. The van der Waals surface area contributed by atoms with E-state index in [0.29, 0.717) is 19.6 Å². The van der Waals surface area contributed by atoms with E-state index in [-0.39, 0.29) is 18.6 Å². The Balaban J connectivity index is 1.81. The van der Waals surface area contributed by atoms with E-state index in [1.807, 2.05) is 24.3 Å². The number of amides is 1. The molecule has 0 bridgehead atoms. The van der Waals surface area contributed by atoms with Gasteiger partial charge in [0.05, 0.1) is 6.61 Å². The highest BCUT2D eigenvalue weighted by atomic mass is 16.5.